The molecule has 2 aromatic carbocycles. The highest BCUT2D eigenvalue weighted by atomic mass is 19.4. The van der Waals surface area contributed by atoms with E-state index in [1.54, 1.807) is 23.0 Å². The molecule has 1 aromatic heterocycles. The summed E-state index contributed by atoms with van der Waals surface area (Å²) in [5.74, 6) is -0.784. The minimum absolute atomic E-state index is 0.103. The zero-order valence-corrected chi connectivity index (χ0v) is 17.9. The van der Waals surface area contributed by atoms with Crippen LogP contribution in [0, 0.1) is 23.1 Å². The van der Waals surface area contributed by atoms with Crippen LogP contribution in [0.15, 0.2) is 42.6 Å². The molecule has 1 heterocycles. The molecule has 0 bridgehead atoms. The number of nitriles is 1. The van der Waals surface area contributed by atoms with Gasteiger partial charge in [-0.3, -0.25) is 0 Å². The molecule has 4 nitrogen and oxygen atoms in total. The maximum Gasteiger partial charge on any atom is 0.417 e. The van der Waals surface area contributed by atoms with E-state index in [0.717, 1.165) is 22.0 Å². The first-order valence-corrected chi connectivity index (χ1v) is 11.1. The molecule has 3 atom stereocenters. The Morgan fingerprint density at radius 3 is 2.64 bits per heavy atom. The predicted molar refractivity (Wildman–Crippen MR) is 114 cm³/mol. The molecule has 172 valence electrons. The van der Waals surface area contributed by atoms with Gasteiger partial charge in [0.25, 0.3) is 0 Å². The van der Waals surface area contributed by atoms with Gasteiger partial charge in [-0.15, -0.1) is 0 Å². The van der Waals surface area contributed by atoms with Crippen LogP contribution < -0.4 is 0 Å². The average molecular weight is 457 g/mol. The molecule has 0 radical (unpaired) electrons. The molecule has 33 heavy (non-hydrogen) atoms. The van der Waals surface area contributed by atoms with E-state index in [2.05, 4.69) is 11.2 Å². The van der Waals surface area contributed by atoms with Crippen LogP contribution in [0.5, 0.6) is 0 Å². The number of fused-ring (bicyclic) bond motifs is 4. The SMILES string of the molecule is N#CC[C@@]12CC[C@](O)(C(F)(F)F)C[C@H]1CCCc1cc3c(cnn3-c3ccc(F)cc3)cc12. The summed E-state index contributed by atoms with van der Waals surface area (Å²) in [6, 6.07) is 12.2. The minimum atomic E-state index is -4.69. The standard InChI is InChI=1S/C25H23F4N3O/c26-19-4-6-20(7-5-19)32-22-13-16-2-1-3-18-14-24(33,25(27,28)29)9-8-23(18,10-11-30)21(16)12-17(22)15-31-32/h4-7,12-13,15,18,33H,1-3,8-10,14H2/t18-,23+,24-/m1/s1. The molecule has 0 aliphatic heterocycles. The Morgan fingerprint density at radius 1 is 1.18 bits per heavy atom. The van der Waals surface area contributed by atoms with E-state index in [0.29, 0.717) is 24.9 Å². The summed E-state index contributed by atoms with van der Waals surface area (Å²) in [7, 11) is 0. The van der Waals surface area contributed by atoms with Gasteiger partial charge in [-0.25, -0.2) is 9.07 Å². The van der Waals surface area contributed by atoms with E-state index in [1.807, 2.05) is 12.1 Å². The van der Waals surface area contributed by atoms with E-state index in [4.69, 9.17) is 0 Å². The quantitative estimate of drug-likeness (QED) is 0.499. The molecular weight excluding hydrogens is 434 g/mol. The number of benzene rings is 2. The maximum absolute atomic E-state index is 13.6. The van der Waals surface area contributed by atoms with Crippen molar-refractivity contribution < 1.29 is 22.7 Å². The lowest BCUT2D eigenvalue weighted by molar-refractivity contribution is -0.279. The number of hydrogen-bond donors (Lipinski definition) is 1. The van der Waals surface area contributed by atoms with Crippen molar-refractivity contribution in [1.29, 1.82) is 5.26 Å². The van der Waals surface area contributed by atoms with Crippen molar-refractivity contribution in [3.8, 4) is 11.8 Å². The van der Waals surface area contributed by atoms with E-state index < -0.39 is 29.5 Å². The lowest BCUT2D eigenvalue weighted by Gasteiger charge is -2.49. The summed E-state index contributed by atoms with van der Waals surface area (Å²) >= 11 is 0. The minimum Gasteiger partial charge on any atom is -0.380 e. The zero-order chi connectivity index (χ0) is 23.4. The van der Waals surface area contributed by atoms with Crippen molar-refractivity contribution in [3.63, 3.8) is 0 Å². The number of aromatic nitrogens is 2. The van der Waals surface area contributed by atoms with Crippen LogP contribution in [0.4, 0.5) is 17.6 Å². The first kappa shape index (κ1) is 21.9. The van der Waals surface area contributed by atoms with Gasteiger partial charge >= 0.3 is 6.18 Å². The topological polar surface area (TPSA) is 61.8 Å². The van der Waals surface area contributed by atoms with Crippen molar-refractivity contribution in [2.24, 2.45) is 5.92 Å². The molecule has 0 saturated heterocycles. The first-order chi connectivity index (χ1) is 15.7. The van der Waals surface area contributed by atoms with Crippen LogP contribution in [0.25, 0.3) is 16.6 Å². The van der Waals surface area contributed by atoms with E-state index in [1.165, 1.54) is 12.1 Å². The molecule has 1 fully saturated rings. The van der Waals surface area contributed by atoms with E-state index in [9.17, 15) is 27.9 Å². The molecule has 0 amide bonds. The normalized spacial score (nSPS) is 27.5. The lowest BCUT2D eigenvalue weighted by Crippen LogP contribution is -2.54. The second kappa shape index (κ2) is 7.56. The number of aliphatic hydroxyl groups is 1. The third-order valence-corrected chi connectivity index (χ3v) is 7.67. The summed E-state index contributed by atoms with van der Waals surface area (Å²) in [6.45, 7) is 0. The van der Waals surface area contributed by atoms with Gasteiger partial charge in [-0.2, -0.15) is 23.5 Å². The zero-order valence-electron chi connectivity index (χ0n) is 17.9. The van der Waals surface area contributed by atoms with Gasteiger partial charge in [0.05, 0.1) is 23.5 Å². The summed E-state index contributed by atoms with van der Waals surface area (Å²) in [6.07, 6.45) is -1.72. The van der Waals surface area contributed by atoms with E-state index >= 15 is 0 Å². The van der Waals surface area contributed by atoms with E-state index in [-0.39, 0.29) is 25.1 Å². The Balaban J connectivity index is 1.63. The predicted octanol–water partition coefficient (Wildman–Crippen LogP) is 5.75. The van der Waals surface area contributed by atoms with Gasteiger partial charge in [0.2, 0.25) is 0 Å². The Morgan fingerprint density at radius 2 is 1.94 bits per heavy atom. The van der Waals surface area contributed by atoms with Gasteiger partial charge in [-0.1, -0.05) is 0 Å². The summed E-state index contributed by atoms with van der Waals surface area (Å²) in [5, 5.41) is 25.4. The molecule has 0 spiro atoms. The molecule has 1 N–H and O–H groups in total. The molecule has 2 aliphatic carbocycles. The Kier molecular flexibility index (Phi) is 5.02. The van der Waals surface area contributed by atoms with Crippen LogP contribution in [0.3, 0.4) is 0 Å². The number of halogens is 4. The second-order valence-corrected chi connectivity index (χ2v) is 9.41. The molecule has 3 aromatic rings. The molecule has 1 saturated carbocycles. The third kappa shape index (κ3) is 3.41. The van der Waals surface area contributed by atoms with Crippen LogP contribution in [0.1, 0.15) is 49.7 Å². The highest BCUT2D eigenvalue weighted by molar-refractivity contribution is 5.82. The summed E-state index contributed by atoms with van der Waals surface area (Å²) in [4.78, 5) is 0. The number of rotatable bonds is 2. The van der Waals surface area contributed by atoms with Gasteiger partial charge in [0.15, 0.2) is 5.60 Å². The lowest BCUT2D eigenvalue weighted by atomic mass is 9.56. The van der Waals surface area contributed by atoms with Crippen LogP contribution in [0.2, 0.25) is 0 Å². The third-order valence-electron chi connectivity index (χ3n) is 7.67. The van der Waals surface area contributed by atoms with Crippen molar-refractivity contribution in [2.75, 3.05) is 0 Å². The van der Waals surface area contributed by atoms with Crippen molar-refractivity contribution in [1.82, 2.24) is 9.78 Å². The molecule has 0 unspecified atom stereocenters. The average Bonchev–Trinajstić information content (AvgIpc) is 3.11. The fourth-order valence-corrected chi connectivity index (χ4v) is 5.91. The number of nitrogens with zero attached hydrogens (tertiary/aromatic N) is 3. The Hall–Kier alpha value is -2.92. The van der Waals surface area contributed by atoms with Gasteiger partial charge < -0.3 is 5.11 Å². The van der Waals surface area contributed by atoms with Gasteiger partial charge in [0, 0.05) is 17.2 Å². The molecular formula is C25H23F4N3O. The van der Waals surface area contributed by atoms with Gasteiger partial charge in [-0.05, 0) is 92.0 Å². The maximum atomic E-state index is 13.6. The smallest absolute Gasteiger partial charge is 0.380 e. The van der Waals surface area contributed by atoms with Gasteiger partial charge in [0.1, 0.15) is 5.82 Å². The summed E-state index contributed by atoms with van der Waals surface area (Å²) < 4.78 is 56.0. The fraction of sp³-hybridized carbons (Fsp3) is 0.440. The van der Waals surface area contributed by atoms with Crippen molar-refractivity contribution >= 4 is 10.9 Å². The highest BCUT2D eigenvalue weighted by Crippen LogP contribution is 2.57. The fourth-order valence-electron chi connectivity index (χ4n) is 5.91. The number of hydrogen-bond acceptors (Lipinski definition) is 3. The van der Waals surface area contributed by atoms with Crippen molar-refractivity contribution in [2.45, 2.75) is 62.1 Å². The number of aryl methyl sites for hydroxylation is 1. The molecule has 5 rings (SSSR count). The van der Waals surface area contributed by atoms with Crippen LogP contribution in [-0.4, -0.2) is 26.7 Å². The van der Waals surface area contributed by atoms with Crippen LogP contribution in [-0.2, 0) is 11.8 Å². The van der Waals surface area contributed by atoms with Crippen molar-refractivity contribution in [3.05, 3.63) is 59.5 Å². The monoisotopic (exact) mass is 457 g/mol. The first-order valence-electron chi connectivity index (χ1n) is 11.1. The summed E-state index contributed by atoms with van der Waals surface area (Å²) in [5.41, 5.74) is -0.00219. The number of alkyl halides is 3. The highest BCUT2D eigenvalue weighted by Gasteiger charge is 2.60. The molecule has 8 heteroatoms. The van der Waals surface area contributed by atoms with Crippen LogP contribution >= 0.6 is 0 Å². The Labute approximate surface area is 188 Å². The largest absolute Gasteiger partial charge is 0.417 e. The second-order valence-electron chi connectivity index (χ2n) is 9.41. The molecule has 2 aliphatic rings. The Bertz CT molecular complexity index is 1240.